The van der Waals surface area contributed by atoms with Gasteiger partial charge in [-0.2, -0.15) is 0 Å². The zero-order valence-corrected chi connectivity index (χ0v) is 15.8. The van der Waals surface area contributed by atoms with E-state index in [1.54, 1.807) is 0 Å². The minimum absolute atomic E-state index is 0.934. The lowest BCUT2D eigenvalue weighted by atomic mass is 10.1. The van der Waals surface area contributed by atoms with Crippen molar-refractivity contribution in [1.29, 1.82) is 0 Å². The molecule has 0 aliphatic heterocycles. The predicted octanol–water partition coefficient (Wildman–Crippen LogP) is 4.28. The van der Waals surface area contributed by atoms with Gasteiger partial charge in [0.2, 0.25) is 0 Å². The Balaban J connectivity index is 1.67. The van der Waals surface area contributed by atoms with Gasteiger partial charge in [0.15, 0.2) is 0 Å². The van der Waals surface area contributed by atoms with Crippen molar-refractivity contribution < 1.29 is 0 Å². The van der Waals surface area contributed by atoms with E-state index < -0.39 is 0 Å². The van der Waals surface area contributed by atoms with Crippen LogP contribution in [-0.4, -0.2) is 15.0 Å². The van der Waals surface area contributed by atoms with E-state index in [1.807, 2.05) is 48.8 Å². The minimum atomic E-state index is 0.934. The predicted molar refractivity (Wildman–Crippen MR) is 119 cm³/mol. The fraction of sp³-hybridized carbons (Fsp3) is 0. The van der Waals surface area contributed by atoms with E-state index in [0.717, 1.165) is 33.2 Å². The van der Waals surface area contributed by atoms with E-state index in [-0.39, 0.29) is 0 Å². The van der Waals surface area contributed by atoms with E-state index in [4.69, 9.17) is 0 Å². The van der Waals surface area contributed by atoms with Gasteiger partial charge in [-0.15, -0.1) is 0 Å². The summed E-state index contributed by atoms with van der Waals surface area (Å²) in [6, 6.07) is 28.8. The number of hydrogen-bond acceptors (Lipinski definition) is 2. The number of rotatable bonds is 3. The number of H-pyrrole nitrogens is 1. The van der Waals surface area contributed by atoms with Gasteiger partial charge < -0.3 is 4.98 Å². The van der Waals surface area contributed by atoms with Crippen LogP contribution in [0.1, 0.15) is 11.3 Å². The first-order valence-corrected chi connectivity index (χ1v) is 9.59. The maximum Gasteiger partial charge on any atom is 0.0702 e. The van der Waals surface area contributed by atoms with Crippen molar-refractivity contribution in [2.45, 2.75) is 0 Å². The van der Waals surface area contributed by atoms with E-state index in [1.165, 1.54) is 10.8 Å². The highest BCUT2D eigenvalue weighted by molar-refractivity contribution is 5.85. The van der Waals surface area contributed by atoms with Crippen LogP contribution in [0.3, 0.4) is 0 Å². The van der Waals surface area contributed by atoms with Gasteiger partial charge in [0.25, 0.3) is 0 Å². The highest BCUT2D eigenvalue weighted by Gasteiger charge is 2.02. The molecule has 1 N–H and O–H groups in total. The number of nitrogens with zero attached hydrogens (tertiary/aromatic N) is 2. The molecular weight excluding hydrogens is 354 g/mol. The Morgan fingerprint density at radius 1 is 0.621 bits per heavy atom. The zero-order chi connectivity index (χ0) is 19.5. The second-order valence-corrected chi connectivity index (χ2v) is 6.88. The molecule has 3 aromatic heterocycles. The average Bonchev–Trinajstić information content (AvgIpc) is 3.12. The molecule has 138 valence electrons. The highest BCUT2D eigenvalue weighted by Crippen LogP contribution is 2.18. The van der Waals surface area contributed by atoms with Crippen LogP contribution in [0.25, 0.3) is 34.2 Å². The lowest BCUT2D eigenvalue weighted by Crippen LogP contribution is -2.10. The number of aromatic amines is 1. The number of fused-ring (bicyclic) bond motifs is 1. The molecule has 29 heavy (non-hydrogen) atoms. The molecule has 0 fully saturated rings. The molecule has 2 aromatic carbocycles. The standard InChI is InChI=1S/C26H19N3/c1-2-12-23-22(11-1)25(29-26(23)18-21-10-3-5-14-27-21)17-19-8-7-9-20(16-19)24-13-4-6-15-28-24/h1-18,29H/b25-17-,26-18-. The Kier molecular flexibility index (Phi) is 4.47. The molecule has 0 bridgehead atoms. The zero-order valence-electron chi connectivity index (χ0n) is 15.8. The van der Waals surface area contributed by atoms with Crippen molar-refractivity contribution in [3.8, 4) is 11.3 Å². The summed E-state index contributed by atoms with van der Waals surface area (Å²) in [6.07, 6.45) is 7.91. The van der Waals surface area contributed by atoms with Crippen LogP contribution in [-0.2, 0) is 0 Å². The van der Waals surface area contributed by atoms with E-state index in [0.29, 0.717) is 0 Å². The molecule has 5 aromatic rings. The number of benzene rings is 2. The van der Waals surface area contributed by atoms with E-state index >= 15 is 0 Å². The highest BCUT2D eigenvalue weighted by atomic mass is 14.7. The number of hydrogen-bond donors (Lipinski definition) is 1. The third-order valence-corrected chi connectivity index (χ3v) is 4.92. The van der Waals surface area contributed by atoms with Crippen LogP contribution >= 0.6 is 0 Å². The van der Waals surface area contributed by atoms with Crippen molar-refractivity contribution in [3.63, 3.8) is 0 Å². The minimum Gasteiger partial charge on any atom is -0.354 e. The second-order valence-electron chi connectivity index (χ2n) is 6.88. The molecule has 0 unspecified atom stereocenters. The summed E-state index contributed by atoms with van der Waals surface area (Å²) < 4.78 is 0. The van der Waals surface area contributed by atoms with Gasteiger partial charge >= 0.3 is 0 Å². The molecule has 3 heteroatoms. The number of pyridine rings is 2. The molecule has 0 radical (unpaired) electrons. The topological polar surface area (TPSA) is 41.6 Å². The van der Waals surface area contributed by atoms with Crippen molar-refractivity contribution in [1.82, 2.24) is 15.0 Å². The Morgan fingerprint density at radius 2 is 1.34 bits per heavy atom. The first-order chi connectivity index (χ1) is 14.4. The van der Waals surface area contributed by atoms with Gasteiger partial charge in [-0.25, -0.2) is 0 Å². The van der Waals surface area contributed by atoms with Gasteiger partial charge in [0.1, 0.15) is 0 Å². The molecule has 0 amide bonds. The van der Waals surface area contributed by atoms with Crippen molar-refractivity contribution in [2.24, 2.45) is 0 Å². The van der Waals surface area contributed by atoms with Crippen molar-refractivity contribution in [3.05, 3.63) is 119 Å². The monoisotopic (exact) mass is 373 g/mol. The Bertz CT molecular complexity index is 1380. The van der Waals surface area contributed by atoms with Gasteiger partial charge in [0.05, 0.1) is 11.4 Å². The number of aromatic nitrogens is 3. The van der Waals surface area contributed by atoms with Crippen LogP contribution < -0.4 is 10.7 Å². The van der Waals surface area contributed by atoms with Crippen LogP contribution in [0, 0.1) is 0 Å². The van der Waals surface area contributed by atoms with Gasteiger partial charge in [-0.05, 0) is 48.0 Å². The third kappa shape index (κ3) is 3.58. The Morgan fingerprint density at radius 3 is 2.07 bits per heavy atom. The summed E-state index contributed by atoms with van der Waals surface area (Å²) in [7, 11) is 0. The fourth-order valence-electron chi connectivity index (χ4n) is 3.56. The Hall–Kier alpha value is -3.98. The maximum absolute atomic E-state index is 4.46. The molecule has 0 saturated carbocycles. The number of nitrogens with one attached hydrogen (secondary N) is 1. The molecule has 5 rings (SSSR count). The quantitative estimate of drug-likeness (QED) is 0.513. The molecule has 0 atom stereocenters. The second kappa shape index (κ2) is 7.56. The maximum atomic E-state index is 4.46. The first kappa shape index (κ1) is 17.1. The van der Waals surface area contributed by atoms with E-state index in [9.17, 15) is 0 Å². The van der Waals surface area contributed by atoms with Crippen LogP contribution in [0.2, 0.25) is 0 Å². The molecule has 3 nitrogen and oxygen atoms in total. The van der Waals surface area contributed by atoms with E-state index in [2.05, 4.69) is 75.6 Å². The largest absolute Gasteiger partial charge is 0.354 e. The summed E-state index contributed by atoms with van der Waals surface area (Å²) in [4.78, 5) is 12.5. The molecule has 0 aliphatic rings. The first-order valence-electron chi connectivity index (χ1n) is 9.59. The molecular formula is C26H19N3. The summed E-state index contributed by atoms with van der Waals surface area (Å²) in [5.41, 5.74) is 4.14. The van der Waals surface area contributed by atoms with Gasteiger partial charge in [-0.3, -0.25) is 9.97 Å². The summed E-state index contributed by atoms with van der Waals surface area (Å²) in [6.45, 7) is 0. The Labute approximate surface area is 168 Å². The third-order valence-electron chi connectivity index (χ3n) is 4.92. The van der Waals surface area contributed by atoms with Crippen LogP contribution in [0.5, 0.6) is 0 Å². The van der Waals surface area contributed by atoms with Gasteiger partial charge in [-0.1, -0.05) is 54.6 Å². The summed E-state index contributed by atoms with van der Waals surface area (Å²) in [5, 5.41) is 4.52. The SMILES string of the molecule is C(/c1cccc(-c2ccccn2)c1)=c1/[nH]/c(=C\c2ccccn2)c2ccccc12. The van der Waals surface area contributed by atoms with Crippen molar-refractivity contribution in [2.75, 3.05) is 0 Å². The normalized spacial score (nSPS) is 12.6. The molecule has 0 aliphatic carbocycles. The summed E-state index contributed by atoms with van der Waals surface area (Å²) >= 11 is 0. The molecule has 0 spiro atoms. The van der Waals surface area contributed by atoms with Crippen LogP contribution in [0.15, 0.2) is 97.3 Å². The van der Waals surface area contributed by atoms with Gasteiger partial charge in [0, 0.05) is 39.4 Å². The van der Waals surface area contributed by atoms with Crippen LogP contribution in [0.4, 0.5) is 0 Å². The molecule has 3 heterocycles. The van der Waals surface area contributed by atoms with Crippen molar-refractivity contribution >= 4 is 22.9 Å². The fourth-order valence-corrected chi connectivity index (χ4v) is 3.56. The molecule has 0 saturated heterocycles. The lowest BCUT2D eigenvalue weighted by Gasteiger charge is -2.01. The summed E-state index contributed by atoms with van der Waals surface area (Å²) in [5.74, 6) is 0. The lowest BCUT2D eigenvalue weighted by molar-refractivity contribution is 1.25. The average molecular weight is 373 g/mol. The smallest absolute Gasteiger partial charge is 0.0702 e.